The normalized spacial score (nSPS) is 16.5. The van der Waals surface area contributed by atoms with Crippen LogP contribution in [0.2, 0.25) is 0 Å². The first-order valence-electron chi connectivity index (χ1n) is 6.38. The predicted molar refractivity (Wildman–Crippen MR) is 66.9 cm³/mol. The maximum Gasteiger partial charge on any atom is 0.254 e. The molecule has 1 N–H and O–H groups in total. The van der Waals surface area contributed by atoms with Crippen LogP contribution >= 0.6 is 0 Å². The maximum absolute atomic E-state index is 13.3. The molecular weight excluding hydrogens is 233 g/mol. The van der Waals surface area contributed by atoms with Crippen molar-refractivity contribution >= 4 is 5.91 Å². The fourth-order valence-corrected chi connectivity index (χ4v) is 2.17. The molecule has 0 saturated carbocycles. The Morgan fingerprint density at radius 1 is 1.33 bits per heavy atom. The largest absolute Gasteiger partial charge is 0.381 e. The van der Waals surface area contributed by atoms with Crippen molar-refractivity contribution in [3.63, 3.8) is 0 Å². The first-order chi connectivity index (χ1) is 8.77. The van der Waals surface area contributed by atoms with E-state index in [2.05, 4.69) is 5.32 Å². The lowest BCUT2D eigenvalue weighted by molar-refractivity contribution is 0.0636. The maximum atomic E-state index is 13.3. The summed E-state index contributed by atoms with van der Waals surface area (Å²) in [5.74, 6) is -0.194. The lowest BCUT2D eigenvalue weighted by Crippen LogP contribution is -2.28. The third-order valence-electron chi connectivity index (χ3n) is 3.30. The van der Waals surface area contributed by atoms with Gasteiger partial charge in [-0.25, -0.2) is 4.39 Å². The summed E-state index contributed by atoms with van der Waals surface area (Å²) in [5.41, 5.74) is 0.115. The lowest BCUT2D eigenvalue weighted by Gasteiger charge is -2.21. The first kappa shape index (κ1) is 13.0. The van der Waals surface area contributed by atoms with Gasteiger partial charge in [-0.3, -0.25) is 4.79 Å². The molecule has 0 radical (unpaired) electrons. The second-order valence-corrected chi connectivity index (χ2v) is 4.58. The molecule has 1 amide bonds. The van der Waals surface area contributed by atoms with Crippen LogP contribution in [0, 0.1) is 11.7 Å². The molecular formula is C14H18FNO2. The van der Waals surface area contributed by atoms with Gasteiger partial charge in [-0.05, 0) is 37.3 Å². The van der Waals surface area contributed by atoms with Crippen molar-refractivity contribution in [2.45, 2.75) is 19.3 Å². The zero-order valence-corrected chi connectivity index (χ0v) is 10.3. The zero-order valence-electron chi connectivity index (χ0n) is 10.3. The molecule has 1 aliphatic heterocycles. The third kappa shape index (κ3) is 3.53. The van der Waals surface area contributed by atoms with E-state index >= 15 is 0 Å². The van der Waals surface area contributed by atoms with Crippen LogP contribution in [-0.4, -0.2) is 25.7 Å². The number of hydrogen-bond donors (Lipinski definition) is 1. The van der Waals surface area contributed by atoms with Crippen molar-refractivity contribution in [2.75, 3.05) is 19.8 Å². The molecule has 0 atom stereocenters. The van der Waals surface area contributed by atoms with Crippen molar-refractivity contribution in [1.82, 2.24) is 5.32 Å². The summed E-state index contributed by atoms with van der Waals surface area (Å²) in [6.45, 7) is 2.22. The average Bonchev–Trinajstić information content (AvgIpc) is 2.40. The molecule has 1 heterocycles. The van der Waals surface area contributed by atoms with Gasteiger partial charge in [0.25, 0.3) is 5.91 Å². The summed E-state index contributed by atoms with van der Waals surface area (Å²) in [6, 6.07) is 6.04. The summed E-state index contributed by atoms with van der Waals surface area (Å²) in [6.07, 6.45) is 3.04. The lowest BCUT2D eigenvalue weighted by atomic mass is 9.97. The molecule has 1 saturated heterocycles. The van der Waals surface area contributed by atoms with Gasteiger partial charge in [0, 0.05) is 19.8 Å². The first-order valence-corrected chi connectivity index (χ1v) is 6.38. The number of carbonyl (C=O) groups is 1. The van der Waals surface area contributed by atoms with E-state index in [1.165, 1.54) is 12.1 Å². The second-order valence-electron chi connectivity index (χ2n) is 4.58. The quantitative estimate of drug-likeness (QED) is 0.892. The molecule has 1 fully saturated rings. The van der Waals surface area contributed by atoms with Gasteiger partial charge >= 0.3 is 0 Å². The molecule has 4 heteroatoms. The van der Waals surface area contributed by atoms with Gasteiger partial charge in [-0.2, -0.15) is 0 Å². The van der Waals surface area contributed by atoms with Crippen molar-refractivity contribution in [3.8, 4) is 0 Å². The van der Waals surface area contributed by atoms with Crippen LogP contribution in [0.25, 0.3) is 0 Å². The van der Waals surface area contributed by atoms with Gasteiger partial charge in [-0.15, -0.1) is 0 Å². The highest BCUT2D eigenvalue weighted by Gasteiger charge is 2.15. The monoisotopic (exact) mass is 251 g/mol. The number of ether oxygens (including phenoxy) is 1. The fourth-order valence-electron chi connectivity index (χ4n) is 2.17. The van der Waals surface area contributed by atoms with Crippen LogP contribution < -0.4 is 5.32 Å². The number of carbonyl (C=O) groups excluding carboxylic acids is 1. The smallest absolute Gasteiger partial charge is 0.254 e. The molecule has 0 bridgehead atoms. The van der Waals surface area contributed by atoms with Crippen LogP contribution in [-0.2, 0) is 4.74 Å². The van der Waals surface area contributed by atoms with E-state index in [1.54, 1.807) is 12.1 Å². The Bertz CT molecular complexity index is 403. The standard InChI is InChI=1S/C14H18FNO2/c15-13-4-2-1-3-12(13)14(17)16-8-5-11-6-9-18-10-7-11/h1-4,11H,5-10H2,(H,16,17). The molecule has 0 aromatic heterocycles. The Balaban J connectivity index is 1.76. The van der Waals surface area contributed by atoms with Gasteiger partial charge in [0.1, 0.15) is 5.82 Å². The van der Waals surface area contributed by atoms with Crippen molar-refractivity contribution in [3.05, 3.63) is 35.6 Å². The van der Waals surface area contributed by atoms with E-state index in [0.29, 0.717) is 12.5 Å². The zero-order chi connectivity index (χ0) is 12.8. The third-order valence-corrected chi connectivity index (χ3v) is 3.30. The molecule has 1 aliphatic rings. The Kier molecular flexibility index (Phi) is 4.70. The van der Waals surface area contributed by atoms with E-state index in [1.807, 2.05) is 0 Å². The summed E-state index contributed by atoms with van der Waals surface area (Å²) in [7, 11) is 0. The second kappa shape index (κ2) is 6.50. The van der Waals surface area contributed by atoms with Gasteiger partial charge in [-0.1, -0.05) is 12.1 Å². The van der Waals surface area contributed by atoms with Crippen molar-refractivity contribution < 1.29 is 13.9 Å². The molecule has 1 aromatic carbocycles. The molecule has 1 aromatic rings. The van der Waals surface area contributed by atoms with E-state index in [4.69, 9.17) is 4.74 Å². The summed E-state index contributed by atoms with van der Waals surface area (Å²) >= 11 is 0. The Labute approximate surface area is 106 Å². The summed E-state index contributed by atoms with van der Waals surface area (Å²) in [5, 5.41) is 2.77. The van der Waals surface area contributed by atoms with Crippen LogP contribution in [0.1, 0.15) is 29.6 Å². The number of hydrogen-bond acceptors (Lipinski definition) is 2. The van der Waals surface area contributed by atoms with Crippen LogP contribution in [0.4, 0.5) is 4.39 Å². The van der Waals surface area contributed by atoms with Gasteiger partial charge < -0.3 is 10.1 Å². The average molecular weight is 251 g/mol. The van der Waals surface area contributed by atoms with E-state index in [0.717, 1.165) is 32.5 Å². The number of halogens is 1. The molecule has 0 unspecified atom stereocenters. The summed E-state index contributed by atoms with van der Waals surface area (Å²) in [4.78, 5) is 11.7. The molecule has 3 nitrogen and oxygen atoms in total. The highest BCUT2D eigenvalue weighted by Crippen LogP contribution is 2.17. The number of benzene rings is 1. The van der Waals surface area contributed by atoms with Gasteiger partial charge in [0.05, 0.1) is 5.56 Å². The molecule has 2 rings (SSSR count). The Hall–Kier alpha value is -1.42. The van der Waals surface area contributed by atoms with Gasteiger partial charge in [0.15, 0.2) is 0 Å². The van der Waals surface area contributed by atoms with E-state index in [9.17, 15) is 9.18 Å². The topological polar surface area (TPSA) is 38.3 Å². The molecule has 0 aliphatic carbocycles. The van der Waals surface area contributed by atoms with Crippen molar-refractivity contribution in [1.29, 1.82) is 0 Å². The highest BCUT2D eigenvalue weighted by atomic mass is 19.1. The summed E-state index contributed by atoms with van der Waals surface area (Å²) < 4.78 is 18.6. The minimum atomic E-state index is -0.471. The van der Waals surface area contributed by atoms with Gasteiger partial charge in [0.2, 0.25) is 0 Å². The molecule has 18 heavy (non-hydrogen) atoms. The van der Waals surface area contributed by atoms with Crippen LogP contribution in [0.5, 0.6) is 0 Å². The van der Waals surface area contributed by atoms with Crippen molar-refractivity contribution in [2.24, 2.45) is 5.92 Å². The minimum absolute atomic E-state index is 0.115. The minimum Gasteiger partial charge on any atom is -0.381 e. The molecule has 0 spiro atoms. The number of amides is 1. The van der Waals surface area contributed by atoms with Crippen LogP contribution in [0.15, 0.2) is 24.3 Å². The fraction of sp³-hybridized carbons (Fsp3) is 0.500. The Morgan fingerprint density at radius 3 is 2.78 bits per heavy atom. The highest BCUT2D eigenvalue weighted by molar-refractivity contribution is 5.94. The number of rotatable bonds is 4. The number of nitrogens with one attached hydrogen (secondary N) is 1. The van der Waals surface area contributed by atoms with E-state index < -0.39 is 5.82 Å². The van der Waals surface area contributed by atoms with Crippen LogP contribution in [0.3, 0.4) is 0 Å². The SMILES string of the molecule is O=C(NCCC1CCOCC1)c1ccccc1F. The predicted octanol–water partition coefficient (Wildman–Crippen LogP) is 2.37. The Morgan fingerprint density at radius 2 is 2.06 bits per heavy atom. The molecule has 98 valence electrons. The van der Waals surface area contributed by atoms with E-state index in [-0.39, 0.29) is 11.5 Å².